The van der Waals surface area contributed by atoms with Crippen molar-refractivity contribution in [1.82, 2.24) is 14.3 Å². The summed E-state index contributed by atoms with van der Waals surface area (Å²) >= 11 is 0. The number of hydrogen-bond acceptors (Lipinski definition) is 3. The molecule has 0 aromatic carbocycles. The maximum Gasteiger partial charge on any atom is 0.114 e. The first-order valence-electron chi connectivity index (χ1n) is 6.56. The van der Waals surface area contributed by atoms with E-state index in [9.17, 15) is 0 Å². The maximum absolute atomic E-state index is 5.36. The van der Waals surface area contributed by atoms with Gasteiger partial charge in [0.25, 0.3) is 0 Å². The van der Waals surface area contributed by atoms with Crippen LogP contribution in [0.3, 0.4) is 0 Å². The van der Waals surface area contributed by atoms with E-state index in [2.05, 4.69) is 39.4 Å². The molecule has 1 aliphatic heterocycles. The lowest BCUT2D eigenvalue weighted by Gasteiger charge is -2.26. The molecule has 0 saturated carbocycles. The highest BCUT2D eigenvalue weighted by Crippen LogP contribution is 2.11. The molecule has 2 aromatic rings. The Hall–Kier alpha value is -1.39. The highest BCUT2D eigenvalue weighted by atomic mass is 16.5. The van der Waals surface area contributed by atoms with Gasteiger partial charge in [-0.2, -0.15) is 0 Å². The van der Waals surface area contributed by atoms with Gasteiger partial charge >= 0.3 is 0 Å². The third kappa shape index (κ3) is 2.26. The van der Waals surface area contributed by atoms with Gasteiger partial charge in [0, 0.05) is 31.7 Å². The molecule has 0 radical (unpaired) electrons. The van der Waals surface area contributed by atoms with Crippen molar-refractivity contribution in [2.24, 2.45) is 0 Å². The Balaban J connectivity index is 1.74. The minimum atomic E-state index is 0.862. The van der Waals surface area contributed by atoms with Crippen LogP contribution in [0.4, 0.5) is 0 Å². The Kier molecular flexibility index (Phi) is 3.30. The van der Waals surface area contributed by atoms with Crippen LogP contribution in [0.5, 0.6) is 0 Å². The first-order chi connectivity index (χ1) is 8.84. The molecule has 1 saturated heterocycles. The van der Waals surface area contributed by atoms with Crippen molar-refractivity contribution in [2.45, 2.75) is 13.3 Å². The minimum Gasteiger partial charge on any atom is -0.379 e. The van der Waals surface area contributed by atoms with Crippen LogP contribution >= 0.6 is 0 Å². The Morgan fingerprint density at radius 2 is 2.11 bits per heavy atom. The third-order valence-corrected chi connectivity index (χ3v) is 3.57. The molecule has 96 valence electrons. The lowest BCUT2D eigenvalue weighted by Crippen LogP contribution is -2.37. The van der Waals surface area contributed by atoms with Crippen molar-refractivity contribution < 1.29 is 4.74 Å². The second-order valence-electron chi connectivity index (χ2n) is 4.81. The number of ether oxygens (including phenoxy) is 1. The van der Waals surface area contributed by atoms with Gasteiger partial charge < -0.3 is 9.14 Å². The molecule has 2 aromatic heterocycles. The molecule has 3 heterocycles. The predicted octanol–water partition coefficient (Wildman–Crippen LogP) is 1.52. The lowest BCUT2D eigenvalue weighted by atomic mass is 10.3. The second kappa shape index (κ2) is 5.08. The number of rotatable bonds is 3. The van der Waals surface area contributed by atoms with Crippen LogP contribution in [0.15, 0.2) is 24.4 Å². The van der Waals surface area contributed by atoms with Crippen LogP contribution in [0, 0.1) is 6.92 Å². The van der Waals surface area contributed by atoms with Gasteiger partial charge in [-0.3, -0.25) is 4.90 Å². The topological polar surface area (TPSA) is 29.8 Å². The van der Waals surface area contributed by atoms with Crippen LogP contribution in [0.25, 0.3) is 5.52 Å². The van der Waals surface area contributed by atoms with Crippen molar-refractivity contribution in [3.05, 3.63) is 35.9 Å². The van der Waals surface area contributed by atoms with Crippen LogP contribution in [0.2, 0.25) is 0 Å². The fourth-order valence-electron chi connectivity index (χ4n) is 2.55. The molecule has 0 N–H and O–H groups in total. The second-order valence-corrected chi connectivity index (χ2v) is 4.81. The summed E-state index contributed by atoms with van der Waals surface area (Å²) in [5.41, 5.74) is 2.44. The summed E-state index contributed by atoms with van der Waals surface area (Å²) in [6.45, 7) is 7.01. The van der Waals surface area contributed by atoms with Crippen LogP contribution in [-0.4, -0.2) is 47.1 Å². The zero-order chi connectivity index (χ0) is 12.4. The molecule has 18 heavy (non-hydrogen) atoms. The number of aryl methyl sites for hydroxylation is 1. The summed E-state index contributed by atoms with van der Waals surface area (Å²) in [6, 6.07) is 6.32. The number of imidazole rings is 1. The number of hydrogen-bond donors (Lipinski definition) is 0. The quantitative estimate of drug-likeness (QED) is 0.821. The Bertz CT molecular complexity index is 529. The molecule has 0 aliphatic carbocycles. The average molecular weight is 245 g/mol. The van der Waals surface area contributed by atoms with Crippen LogP contribution in [0.1, 0.15) is 11.5 Å². The standard InChI is InChI=1S/C14H19N3O/c1-12-3-2-4-13-11-15-14(17(12)13)5-6-16-7-9-18-10-8-16/h2-4,11H,5-10H2,1H3. The summed E-state index contributed by atoms with van der Waals surface area (Å²) in [6.07, 6.45) is 2.96. The molecule has 1 aliphatic rings. The maximum atomic E-state index is 5.36. The third-order valence-electron chi connectivity index (χ3n) is 3.57. The summed E-state index contributed by atoms with van der Waals surface area (Å²) in [5.74, 6) is 1.16. The van der Waals surface area contributed by atoms with E-state index >= 15 is 0 Å². The minimum absolute atomic E-state index is 0.862. The zero-order valence-electron chi connectivity index (χ0n) is 10.8. The molecule has 0 amide bonds. The van der Waals surface area contributed by atoms with Crippen molar-refractivity contribution in [2.75, 3.05) is 32.8 Å². The smallest absolute Gasteiger partial charge is 0.114 e. The summed E-state index contributed by atoms with van der Waals surface area (Å²) in [5, 5.41) is 0. The Morgan fingerprint density at radius 1 is 1.28 bits per heavy atom. The van der Waals surface area contributed by atoms with Gasteiger partial charge in [-0.05, 0) is 19.1 Å². The zero-order valence-corrected chi connectivity index (χ0v) is 10.8. The number of pyridine rings is 1. The van der Waals surface area contributed by atoms with Gasteiger partial charge in [-0.15, -0.1) is 0 Å². The van der Waals surface area contributed by atoms with E-state index in [1.165, 1.54) is 11.2 Å². The first-order valence-corrected chi connectivity index (χ1v) is 6.56. The van der Waals surface area contributed by atoms with E-state index in [1.54, 1.807) is 0 Å². The largest absolute Gasteiger partial charge is 0.379 e. The number of aromatic nitrogens is 2. The Labute approximate surface area is 107 Å². The monoisotopic (exact) mass is 245 g/mol. The highest BCUT2D eigenvalue weighted by Gasteiger charge is 2.12. The van der Waals surface area contributed by atoms with E-state index in [0.29, 0.717) is 0 Å². The summed E-state index contributed by atoms with van der Waals surface area (Å²) in [7, 11) is 0. The molecule has 0 atom stereocenters. The van der Waals surface area contributed by atoms with Gasteiger partial charge in [0.2, 0.25) is 0 Å². The van der Waals surface area contributed by atoms with E-state index in [1.807, 2.05) is 6.20 Å². The molecule has 0 spiro atoms. The fourth-order valence-corrected chi connectivity index (χ4v) is 2.55. The molecule has 0 bridgehead atoms. The number of nitrogens with zero attached hydrogens (tertiary/aromatic N) is 3. The van der Waals surface area contributed by atoms with Crippen LogP contribution in [-0.2, 0) is 11.2 Å². The van der Waals surface area contributed by atoms with Gasteiger partial charge in [-0.1, -0.05) is 6.07 Å². The number of morpholine rings is 1. The normalized spacial score (nSPS) is 17.4. The van der Waals surface area contributed by atoms with Crippen molar-refractivity contribution in [1.29, 1.82) is 0 Å². The van der Waals surface area contributed by atoms with Crippen molar-refractivity contribution >= 4 is 5.52 Å². The first kappa shape index (κ1) is 11.7. The van der Waals surface area contributed by atoms with Gasteiger partial charge in [0.15, 0.2) is 0 Å². The van der Waals surface area contributed by atoms with Gasteiger partial charge in [0.1, 0.15) is 5.82 Å². The highest BCUT2D eigenvalue weighted by molar-refractivity contribution is 5.47. The number of fused-ring (bicyclic) bond motifs is 1. The SMILES string of the molecule is Cc1cccc2cnc(CCN3CCOCC3)n12. The van der Waals surface area contributed by atoms with Crippen molar-refractivity contribution in [3.63, 3.8) is 0 Å². The van der Waals surface area contributed by atoms with E-state index in [0.717, 1.165) is 45.1 Å². The van der Waals surface area contributed by atoms with E-state index in [-0.39, 0.29) is 0 Å². The molecule has 4 nitrogen and oxygen atoms in total. The fraction of sp³-hybridized carbons (Fsp3) is 0.500. The van der Waals surface area contributed by atoms with Crippen molar-refractivity contribution in [3.8, 4) is 0 Å². The Morgan fingerprint density at radius 3 is 2.94 bits per heavy atom. The molecule has 0 unspecified atom stereocenters. The van der Waals surface area contributed by atoms with Gasteiger partial charge in [0.05, 0.1) is 24.9 Å². The summed E-state index contributed by atoms with van der Waals surface area (Å²) in [4.78, 5) is 6.99. The average Bonchev–Trinajstić information content (AvgIpc) is 2.82. The predicted molar refractivity (Wildman–Crippen MR) is 70.9 cm³/mol. The molecule has 4 heteroatoms. The van der Waals surface area contributed by atoms with Gasteiger partial charge in [-0.25, -0.2) is 4.98 Å². The molecule has 1 fully saturated rings. The lowest BCUT2D eigenvalue weighted by molar-refractivity contribution is 0.0382. The van der Waals surface area contributed by atoms with Crippen LogP contribution < -0.4 is 0 Å². The molecular weight excluding hydrogens is 226 g/mol. The van der Waals surface area contributed by atoms with E-state index < -0.39 is 0 Å². The molecule has 3 rings (SSSR count). The summed E-state index contributed by atoms with van der Waals surface area (Å²) < 4.78 is 7.61. The van der Waals surface area contributed by atoms with E-state index in [4.69, 9.17) is 4.74 Å². The molecular formula is C14H19N3O.